The van der Waals surface area contributed by atoms with Crippen LogP contribution in [-0.4, -0.2) is 44.8 Å². The minimum absolute atomic E-state index is 0.0502. The second-order valence-electron chi connectivity index (χ2n) is 4.69. The standard InChI is InChI=1S/C12H15F3N2O3S/c1-9-8-16-6-7-17(9)21(18,19)11-4-2-10(3-5-11)20-12(13,14)15/h2-5,9,16H,6-8H2,1H3. The van der Waals surface area contributed by atoms with E-state index >= 15 is 0 Å². The normalized spacial score (nSPS) is 21.2. The summed E-state index contributed by atoms with van der Waals surface area (Å²) < 4.78 is 66.1. The molecule has 2 rings (SSSR count). The van der Waals surface area contributed by atoms with Crippen molar-refractivity contribution < 1.29 is 26.3 Å². The Labute approximate surface area is 120 Å². The summed E-state index contributed by atoms with van der Waals surface area (Å²) in [6.45, 7) is 3.17. The highest BCUT2D eigenvalue weighted by Gasteiger charge is 2.33. The van der Waals surface area contributed by atoms with Crippen LogP contribution in [0.1, 0.15) is 6.92 Å². The van der Waals surface area contributed by atoms with Crippen LogP contribution in [0, 0.1) is 0 Å². The van der Waals surface area contributed by atoms with Crippen molar-refractivity contribution in [3.05, 3.63) is 24.3 Å². The number of ether oxygens (including phenoxy) is 1. The van der Waals surface area contributed by atoms with Gasteiger partial charge in [-0.1, -0.05) is 0 Å². The fourth-order valence-electron chi connectivity index (χ4n) is 2.13. The quantitative estimate of drug-likeness (QED) is 0.917. The summed E-state index contributed by atoms with van der Waals surface area (Å²) in [5, 5.41) is 3.07. The number of halogens is 3. The van der Waals surface area contributed by atoms with Gasteiger partial charge in [0.15, 0.2) is 0 Å². The SMILES string of the molecule is CC1CNCCN1S(=O)(=O)c1ccc(OC(F)(F)F)cc1. The van der Waals surface area contributed by atoms with E-state index in [-0.39, 0.29) is 10.9 Å². The molecule has 1 heterocycles. The summed E-state index contributed by atoms with van der Waals surface area (Å²) in [5.74, 6) is -0.449. The van der Waals surface area contributed by atoms with E-state index in [1.54, 1.807) is 6.92 Å². The molecule has 1 saturated heterocycles. The molecule has 1 aromatic carbocycles. The maximum Gasteiger partial charge on any atom is 0.573 e. The van der Waals surface area contributed by atoms with Crippen LogP contribution < -0.4 is 10.1 Å². The van der Waals surface area contributed by atoms with E-state index in [1.165, 1.54) is 4.31 Å². The first-order chi connectivity index (χ1) is 9.70. The summed E-state index contributed by atoms with van der Waals surface area (Å²) in [6.07, 6.45) is -4.80. The first-order valence-electron chi connectivity index (χ1n) is 6.28. The average molecular weight is 324 g/mol. The van der Waals surface area contributed by atoms with E-state index in [9.17, 15) is 21.6 Å². The molecule has 5 nitrogen and oxygen atoms in total. The lowest BCUT2D eigenvalue weighted by atomic mass is 10.3. The number of benzene rings is 1. The highest BCUT2D eigenvalue weighted by molar-refractivity contribution is 7.89. The van der Waals surface area contributed by atoms with Crippen molar-refractivity contribution in [2.45, 2.75) is 24.2 Å². The molecule has 1 aromatic rings. The van der Waals surface area contributed by atoms with Crippen LogP contribution in [0.2, 0.25) is 0 Å². The second kappa shape index (κ2) is 5.82. The molecule has 1 unspecified atom stereocenters. The van der Waals surface area contributed by atoms with Crippen molar-refractivity contribution in [3.63, 3.8) is 0 Å². The van der Waals surface area contributed by atoms with Crippen LogP contribution in [0.25, 0.3) is 0 Å². The predicted molar refractivity (Wildman–Crippen MR) is 69.3 cm³/mol. The molecule has 1 N–H and O–H groups in total. The van der Waals surface area contributed by atoms with Gasteiger partial charge in [-0.05, 0) is 31.2 Å². The highest BCUT2D eigenvalue weighted by atomic mass is 32.2. The summed E-state index contributed by atoms with van der Waals surface area (Å²) in [4.78, 5) is -0.0502. The molecule has 0 radical (unpaired) electrons. The van der Waals surface area contributed by atoms with Gasteiger partial charge in [0.1, 0.15) is 5.75 Å². The first kappa shape index (κ1) is 16.1. The lowest BCUT2D eigenvalue weighted by molar-refractivity contribution is -0.274. The lowest BCUT2D eigenvalue weighted by Gasteiger charge is -2.32. The van der Waals surface area contributed by atoms with Crippen LogP contribution in [0.4, 0.5) is 13.2 Å². The zero-order valence-electron chi connectivity index (χ0n) is 11.2. The molecule has 21 heavy (non-hydrogen) atoms. The summed E-state index contributed by atoms with van der Waals surface area (Å²) in [5.41, 5.74) is 0. The Hall–Kier alpha value is -1.32. The van der Waals surface area contributed by atoms with E-state index in [0.29, 0.717) is 19.6 Å². The van der Waals surface area contributed by atoms with Crippen LogP contribution in [0.3, 0.4) is 0 Å². The van der Waals surface area contributed by atoms with Crippen molar-refractivity contribution in [1.29, 1.82) is 0 Å². The van der Waals surface area contributed by atoms with E-state index in [1.807, 2.05) is 0 Å². The van der Waals surface area contributed by atoms with Gasteiger partial charge in [0.05, 0.1) is 4.90 Å². The van der Waals surface area contributed by atoms with Gasteiger partial charge in [-0.25, -0.2) is 8.42 Å². The topological polar surface area (TPSA) is 58.6 Å². The number of nitrogens with one attached hydrogen (secondary N) is 1. The Balaban J connectivity index is 2.21. The van der Waals surface area contributed by atoms with Crippen molar-refractivity contribution in [2.75, 3.05) is 19.6 Å². The monoisotopic (exact) mass is 324 g/mol. The third-order valence-electron chi connectivity index (χ3n) is 3.10. The van der Waals surface area contributed by atoms with Gasteiger partial charge in [0.25, 0.3) is 0 Å². The average Bonchev–Trinajstić information content (AvgIpc) is 2.37. The lowest BCUT2D eigenvalue weighted by Crippen LogP contribution is -2.52. The third-order valence-corrected chi connectivity index (χ3v) is 5.13. The highest BCUT2D eigenvalue weighted by Crippen LogP contribution is 2.25. The predicted octanol–water partition coefficient (Wildman–Crippen LogP) is 1.57. The smallest absolute Gasteiger partial charge is 0.406 e. The van der Waals surface area contributed by atoms with Gasteiger partial charge in [-0.2, -0.15) is 4.31 Å². The van der Waals surface area contributed by atoms with Crippen LogP contribution in [0.15, 0.2) is 29.2 Å². The number of hydrogen-bond acceptors (Lipinski definition) is 4. The van der Waals surface area contributed by atoms with Crippen molar-refractivity contribution >= 4 is 10.0 Å². The first-order valence-corrected chi connectivity index (χ1v) is 7.72. The Morgan fingerprint density at radius 2 is 1.90 bits per heavy atom. The van der Waals surface area contributed by atoms with E-state index < -0.39 is 22.1 Å². The van der Waals surface area contributed by atoms with Crippen molar-refractivity contribution in [2.24, 2.45) is 0 Å². The van der Waals surface area contributed by atoms with Gasteiger partial charge < -0.3 is 10.1 Å². The molecule has 0 spiro atoms. The van der Waals surface area contributed by atoms with Gasteiger partial charge in [-0.3, -0.25) is 0 Å². The molecule has 1 fully saturated rings. The molecule has 1 aliphatic rings. The van der Waals surface area contributed by atoms with Crippen molar-refractivity contribution in [3.8, 4) is 5.75 Å². The number of rotatable bonds is 3. The van der Waals surface area contributed by atoms with E-state index in [4.69, 9.17) is 0 Å². The van der Waals surface area contributed by atoms with E-state index in [0.717, 1.165) is 24.3 Å². The molecule has 1 aliphatic heterocycles. The largest absolute Gasteiger partial charge is 0.573 e. The number of nitrogens with zero attached hydrogens (tertiary/aromatic N) is 1. The second-order valence-corrected chi connectivity index (χ2v) is 6.58. The summed E-state index contributed by atoms with van der Waals surface area (Å²) >= 11 is 0. The fourth-order valence-corrected chi connectivity index (χ4v) is 3.76. The minimum atomic E-state index is -4.80. The molecule has 0 aromatic heterocycles. The van der Waals surface area contributed by atoms with Gasteiger partial charge in [-0.15, -0.1) is 13.2 Å². The number of piperazine rings is 1. The molecular weight excluding hydrogens is 309 g/mol. The Morgan fingerprint density at radius 3 is 2.43 bits per heavy atom. The van der Waals surface area contributed by atoms with Gasteiger partial charge in [0.2, 0.25) is 10.0 Å². The number of alkyl halides is 3. The third kappa shape index (κ3) is 3.86. The van der Waals surface area contributed by atoms with Gasteiger partial charge in [0, 0.05) is 25.7 Å². The number of hydrogen-bond donors (Lipinski definition) is 1. The Morgan fingerprint density at radius 1 is 1.29 bits per heavy atom. The fraction of sp³-hybridized carbons (Fsp3) is 0.500. The maximum absolute atomic E-state index is 12.4. The molecule has 0 saturated carbocycles. The zero-order chi connectivity index (χ0) is 15.7. The molecule has 0 aliphatic carbocycles. The molecule has 0 amide bonds. The molecule has 9 heteroatoms. The van der Waals surface area contributed by atoms with Gasteiger partial charge >= 0.3 is 6.36 Å². The molecule has 118 valence electrons. The van der Waals surface area contributed by atoms with Crippen LogP contribution in [-0.2, 0) is 10.0 Å². The van der Waals surface area contributed by atoms with Crippen molar-refractivity contribution in [1.82, 2.24) is 9.62 Å². The molecule has 1 atom stereocenters. The number of sulfonamides is 1. The molecular formula is C12H15F3N2O3S. The summed E-state index contributed by atoms with van der Waals surface area (Å²) in [6, 6.07) is 4.01. The zero-order valence-corrected chi connectivity index (χ0v) is 12.0. The Kier molecular flexibility index (Phi) is 4.45. The molecule has 0 bridgehead atoms. The summed E-state index contributed by atoms with van der Waals surface area (Å²) in [7, 11) is -3.72. The van der Waals surface area contributed by atoms with E-state index in [2.05, 4.69) is 10.1 Å². The van der Waals surface area contributed by atoms with Crippen LogP contribution >= 0.6 is 0 Å². The Bertz CT molecular complexity index is 587. The maximum atomic E-state index is 12.4. The van der Waals surface area contributed by atoms with Crippen LogP contribution in [0.5, 0.6) is 5.75 Å². The minimum Gasteiger partial charge on any atom is -0.406 e.